The number of hydrogen-bond acceptors (Lipinski definition) is 3. The predicted octanol–water partition coefficient (Wildman–Crippen LogP) is 4.34. The van der Waals surface area contributed by atoms with Crippen molar-refractivity contribution in [2.24, 2.45) is 0 Å². The summed E-state index contributed by atoms with van der Waals surface area (Å²) in [5, 5.41) is 2.86. The molecule has 0 saturated carbocycles. The smallest absolute Gasteiger partial charge is 0.255 e. The number of carbonyl (C=O) groups is 2. The molecule has 0 aliphatic carbocycles. The van der Waals surface area contributed by atoms with Crippen LogP contribution in [0.2, 0.25) is 0 Å². The van der Waals surface area contributed by atoms with Gasteiger partial charge in [0.1, 0.15) is 5.75 Å². The van der Waals surface area contributed by atoms with Crippen molar-refractivity contribution in [2.45, 2.75) is 19.3 Å². The van der Waals surface area contributed by atoms with Crippen molar-refractivity contribution in [3.8, 4) is 5.75 Å². The van der Waals surface area contributed by atoms with Gasteiger partial charge in [-0.25, -0.2) is 0 Å². The molecular formula is C20H21BrN2O3. The van der Waals surface area contributed by atoms with Crippen LogP contribution in [0.3, 0.4) is 0 Å². The van der Waals surface area contributed by atoms with Gasteiger partial charge in [-0.15, -0.1) is 0 Å². The van der Waals surface area contributed by atoms with Crippen molar-refractivity contribution in [3.63, 3.8) is 0 Å². The van der Waals surface area contributed by atoms with Crippen LogP contribution in [-0.2, 0) is 0 Å². The molecule has 26 heavy (non-hydrogen) atoms. The topological polar surface area (TPSA) is 58.6 Å². The van der Waals surface area contributed by atoms with Gasteiger partial charge in [0.05, 0.1) is 22.8 Å². The lowest BCUT2D eigenvalue weighted by Gasteiger charge is -2.27. The van der Waals surface area contributed by atoms with Gasteiger partial charge >= 0.3 is 0 Å². The highest BCUT2D eigenvalue weighted by Crippen LogP contribution is 2.26. The molecule has 2 aromatic carbocycles. The Kier molecular flexibility index (Phi) is 5.93. The highest BCUT2D eigenvalue weighted by Gasteiger charge is 2.21. The first-order valence-electron chi connectivity index (χ1n) is 8.63. The number of anilines is 1. The molecule has 1 heterocycles. The summed E-state index contributed by atoms with van der Waals surface area (Å²) in [6, 6.07) is 12.3. The largest absolute Gasteiger partial charge is 0.496 e. The van der Waals surface area contributed by atoms with E-state index in [2.05, 4.69) is 21.2 Å². The van der Waals surface area contributed by atoms with Crippen LogP contribution < -0.4 is 10.1 Å². The number of halogens is 1. The summed E-state index contributed by atoms with van der Waals surface area (Å²) < 4.78 is 5.89. The number of nitrogens with zero attached hydrogens (tertiary/aromatic N) is 1. The van der Waals surface area contributed by atoms with Gasteiger partial charge in [0, 0.05) is 18.7 Å². The number of amides is 2. The second-order valence-corrected chi connectivity index (χ2v) is 7.06. The van der Waals surface area contributed by atoms with E-state index < -0.39 is 0 Å². The third-order valence-electron chi connectivity index (χ3n) is 4.46. The third-order valence-corrected chi connectivity index (χ3v) is 5.08. The Morgan fingerprint density at radius 1 is 1.08 bits per heavy atom. The van der Waals surface area contributed by atoms with Crippen molar-refractivity contribution in [2.75, 3.05) is 25.5 Å². The molecule has 0 atom stereocenters. The summed E-state index contributed by atoms with van der Waals surface area (Å²) in [5.74, 6) is 0.353. The SMILES string of the molecule is COc1ccc(C(=O)Nc2ccccc2C(=O)N2CCCCC2)cc1Br. The molecule has 6 heteroatoms. The minimum atomic E-state index is -0.271. The molecule has 1 saturated heterocycles. The molecule has 0 bridgehead atoms. The maximum Gasteiger partial charge on any atom is 0.255 e. The van der Waals surface area contributed by atoms with Crippen molar-refractivity contribution in [1.82, 2.24) is 4.90 Å². The van der Waals surface area contributed by atoms with Gasteiger partial charge in [-0.05, 0) is 65.5 Å². The van der Waals surface area contributed by atoms with Gasteiger partial charge in [0.15, 0.2) is 0 Å². The molecule has 2 amide bonds. The van der Waals surface area contributed by atoms with Crippen LogP contribution in [0.5, 0.6) is 5.75 Å². The minimum absolute atomic E-state index is 0.0310. The molecule has 0 unspecified atom stereocenters. The van der Waals surface area contributed by atoms with Crippen molar-refractivity contribution < 1.29 is 14.3 Å². The van der Waals surface area contributed by atoms with Gasteiger partial charge in [-0.3, -0.25) is 9.59 Å². The average Bonchev–Trinajstić information content (AvgIpc) is 2.68. The zero-order valence-electron chi connectivity index (χ0n) is 14.6. The Balaban J connectivity index is 1.80. The number of carbonyl (C=O) groups excluding carboxylic acids is 2. The first kappa shape index (κ1) is 18.5. The molecule has 136 valence electrons. The monoisotopic (exact) mass is 416 g/mol. The Hall–Kier alpha value is -2.34. The molecule has 0 radical (unpaired) electrons. The Labute approximate surface area is 161 Å². The third kappa shape index (κ3) is 4.07. The lowest BCUT2D eigenvalue weighted by atomic mass is 10.1. The molecule has 1 aliphatic rings. The van der Waals surface area contributed by atoms with Gasteiger partial charge in [-0.1, -0.05) is 12.1 Å². The van der Waals surface area contributed by atoms with E-state index in [1.165, 1.54) is 0 Å². The van der Waals surface area contributed by atoms with Gasteiger partial charge in [0.2, 0.25) is 0 Å². The zero-order chi connectivity index (χ0) is 18.5. The van der Waals surface area contributed by atoms with Crippen molar-refractivity contribution in [3.05, 3.63) is 58.1 Å². The van der Waals surface area contributed by atoms with E-state index in [-0.39, 0.29) is 11.8 Å². The van der Waals surface area contributed by atoms with Gasteiger partial charge in [0.25, 0.3) is 11.8 Å². The Morgan fingerprint density at radius 2 is 1.81 bits per heavy atom. The number of piperidine rings is 1. The van der Waals surface area contributed by atoms with Crippen LogP contribution in [0.1, 0.15) is 40.0 Å². The summed E-state index contributed by atoms with van der Waals surface area (Å²) in [7, 11) is 1.57. The molecule has 0 aromatic heterocycles. The van der Waals surface area contributed by atoms with E-state index in [0.717, 1.165) is 32.4 Å². The fourth-order valence-corrected chi connectivity index (χ4v) is 3.59. The standard InChI is InChI=1S/C20H21BrN2O3/c1-26-18-10-9-14(13-16(18)21)19(24)22-17-8-4-3-7-15(17)20(25)23-11-5-2-6-12-23/h3-4,7-10,13H,2,5-6,11-12H2,1H3,(H,22,24). The molecular weight excluding hydrogens is 396 g/mol. The molecule has 1 fully saturated rings. The number of ether oxygens (including phenoxy) is 1. The number of nitrogens with one attached hydrogen (secondary N) is 1. The van der Waals surface area contributed by atoms with Crippen LogP contribution in [0.25, 0.3) is 0 Å². The van der Waals surface area contributed by atoms with Crippen LogP contribution in [-0.4, -0.2) is 36.9 Å². The quantitative estimate of drug-likeness (QED) is 0.806. The van der Waals surface area contributed by atoms with Crippen molar-refractivity contribution >= 4 is 33.4 Å². The average molecular weight is 417 g/mol. The lowest BCUT2D eigenvalue weighted by molar-refractivity contribution is 0.0725. The van der Waals surface area contributed by atoms with Gasteiger partial charge in [-0.2, -0.15) is 0 Å². The summed E-state index contributed by atoms with van der Waals surface area (Å²) in [6.07, 6.45) is 3.22. The first-order valence-corrected chi connectivity index (χ1v) is 9.42. The fraction of sp³-hybridized carbons (Fsp3) is 0.300. The molecule has 1 aliphatic heterocycles. The van der Waals surface area contributed by atoms with E-state index in [1.54, 1.807) is 37.4 Å². The maximum atomic E-state index is 12.8. The second kappa shape index (κ2) is 8.36. The Morgan fingerprint density at radius 3 is 2.50 bits per heavy atom. The summed E-state index contributed by atoms with van der Waals surface area (Å²) in [4.78, 5) is 27.3. The number of methoxy groups -OCH3 is 1. The minimum Gasteiger partial charge on any atom is -0.496 e. The maximum absolute atomic E-state index is 12.8. The molecule has 3 rings (SSSR count). The predicted molar refractivity (Wildman–Crippen MR) is 105 cm³/mol. The van der Waals surface area contributed by atoms with Crippen LogP contribution in [0.4, 0.5) is 5.69 Å². The highest BCUT2D eigenvalue weighted by atomic mass is 79.9. The first-order chi connectivity index (χ1) is 12.6. The number of rotatable bonds is 4. The number of likely N-dealkylation sites (tertiary alicyclic amines) is 1. The van der Waals surface area contributed by atoms with Gasteiger partial charge < -0.3 is 15.0 Å². The van der Waals surface area contributed by atoms with E-state index in [4.69, 9.17) is 4.74 Å². The Bertz CT molecular complexity index is 816. The summed E-state index contributed by atoms with van der Waals surface area (Å²) in [5.41, 5.74) is 1.54. The highest BCUT2D eigenvalue weighted by molar-refractivity contribution is 9.10. The zero-order valence-corrected chi connectivity index (χ0v) is 16.2. The number of para-hydroxylation sites is 1. The second-order valence-electron chi connectivity index (χ2n) is 6.20. The van der Waals surface area contributed by atoms with Crippen LogP contribution in [0.15, 0.2) is 46.9 Å². The van der Waals surface area contributed by atoms with E-state index in [9.17, 15) is 9.59 Å². The van der Waals surface area contributed by atoms with E-state index in [0.29, 0.717) is 27.0 Å². The molecule has 2 aromatic rings. The fourth-order valence-electron chi connectivity index (χ4n) is 3.05. The van der Waals surface area contributed by atoms with Crippen LogP contribution >= 0.6 is 15.9 Å². The number of benzene rings is 2. The van der Waals surface area contributed by atoms with Crippen molar-refractivity contribution in [1.29, 1.82) is 0 Å². The van der Waals surface area contributed by atoms with E-state index >= 15 is 0 Å². The molecule has 5 nitrogen and oxygen atoms in total. The molecule has 1 N–H and O–H groups in total. The van der Waals surface area contributed by atoms with Crippen LogP contribution in [0, 0.1) is 0 Å². The molecule has 0 spiro atoms. The normalized spacial score (nSPS) is 14.0. The number of hydrogen-bond donors (Lipinski definition) is 1. The van der Waals surface area contributed by atoms with E-state index in [1.807, 2.05) is 17.0 Å². The summed E-state index contributed by atoms with van der Waals surface area (Å²) >= 11 is 3.39. The summed E-state index contributed by atoms with van der Waals surface area (Å²) in [6.45, 7) is 1.54. The lowest BCUT2D eigenvalue weighted by Crippen LogP contribution is -2.36.